The summed E-state index contributed by atoms with van der Waals surface area (Å²) in [6.45, 7) is 3.60. The van der Waals surface area contributed by atoms with Crippen molar-refractivity contribution in [1.82, 2.24) is 10.2 Å². The Labute approximate surface area is 118 Å². The topological polar surface area (TPSA) is 24.5 Å². The Morgan fingerprint density at radius 3 is 2.63 bits per heavy atom. The van der Waals surface area contributed by atoms with Gasteiger partial charge in [0, 0.05) is 38.3 Å². The first-order valence-corrected chi connectivity index (χ1v) is 8.36. The number of rotatable bonds is 2. The zero-order valence-electron chi connectivity index (χ0n) is 12.5. The van der Waals surface area contributed by atoms with Gasteiger partial charge in [-0.05, 0) is 25.7 Å². The Morgan fingerprint density at radius 1 is 1.05 bits per heavy atom. The average Bonchev–Trinajstić information content (AvgIpc) is 2.49. The van der Waals surface area contributed by atoms with Crippen LogP contribution in [0.3, 0.4) is 0 Å². The minimum Gasteiger partial charge on any atom is -0.380 e. The molecule has 1 heterocycles. The Balaban J connectivity index is 1.78. The van der Waals surface area contributed by atoms with Gasteiger partial charge in [-0.15, -0.1) is 0 Å². The predicted molar refractivity (Wildman–Crippen MR) is 78.4 cm³/mol. The highest BCUT2D eigenvalue weighted by atomic mass is 16.5. The van der Waals surface area contributed by atoms with Crippen molar-refractivity contribution in [3.05, 3.63) is 0 Å². The summed E-state index contributed by atoms with van der Waals surface area (Å²) in [5, 5.41) is 3.66. The number of nitrogens with zero attached hydrogens (tertiary/aromatic N) is 1. The average molecular weight is 266 g/mol. The Morgan fingerprint density at radius 2 is 1.84 bits per heavy atom. The van der Waals surface area contributed by atoms with E-state index in [-0.39, 0.29) is 0 Å². The van der Waals surface area contributed by atoms with Gasteiger partial charge in [0.15, 0.2) is 0 Å². The number of hydrogen-bond donors (Lipinski definition) is 1. The van der Waals surface area contributed by atoms with Crippen molar-refractivity contribution in [2.45, 2.75) is 75.5 Å². The van der Waals surface area contributed by atoms with Crippen molar-refractivity contribution >= 4 is 0 Å². The van der Waals surface area contributed by atoms with Gasteiger partial charge in [-0.2, -0.15) is 0 Å². The summed E-state index contributed by atoms with van der Waals surface area (Å²) in [5.41, 5.74) is 0.454. The van der Waals surface area contributed by atoms with E-state index in [4.69, 9.17) is 4.74 Å². The quantitative estimate of drug-likeness (QED) is 0.831. The molecule has 0 aromatic heterocycles. The minimum absolute atomic E-state index is 0.454. The normalized spacial score (nSPS) is 36.5. The lowest BCUT2D eigenvalue weighted by atomic mass is 9.76. The molecule has 1 spiro atoms. The molecule has 3 heteroatoms. The summed E-state index contributed by atoms with van der Waals surface area (Å²) in [7, 11) is 1.92. The van der Waals surface area contributed by atoms with Crippen molar-refractivity contribution in [1.29, 1.82) is 0 Å². The van der Waals surface area contributed by atoms with Crippen LogP contribution >= 0.6 is 0 Å². The molecule has 3 rings (SSSR count). The first kappa shape index (κ1) is 13.8. The number of piperazine rings is 1. The molecule has 0 bridgehead atoms. The molecule has 0 amide bonds. The van der Waals surface area contributed by atoms with E-state index in [2.05, 4.69) is 10.2 Å². The second-order valence-electron chi connectivity index (χ2n) is 6.78. The van der Waals surface area contributed by atoms with Gasteiger partial charge in [0.1, 0.15) is 0 Å². The van der Waals surface area contributed by atoms with Crippen LogP contribution in [0.5, 0.6) is 0 Å². The summed E-state index contributed by atoms with van der Waals surface area (Å²) >= 11 is 0. The SMILES string of the molecule is COC1CCCCC1N1CCNCC12CCCCC2. The summed E-state index contributed by atoms with van der Waals surface area (Å²) in [6.07, 6.45) is 12.9. The molecular formula is C16H30N2O. The van der Waals surface area contributed by atoms with E-state index in [9.17, 15) is 0 Å². The molecule has 0 aromatic rings. The van der Waals surface area contributed by atoms with Gasteiger partial charge in [0.25, 0.3) is 0 Å². The lowest BCUT2D eigenvalue weighted by Crippen LogP contribution is -2.67. The zero-order valence-corrected chi connectivity index (χ0v) is 12.5. The van der Waals surface area contributed by atoms with Crippen LogP contribution in [0.15, 0.2) is 0 Å². The van der Waals surface area contributed by atoms with Crippen LogP contribution in [0, 0.1) is 0 Å². The number of nitrogens with one attached hydrogen (secondary N) is 1. The highest BCUT2D eigenvalue weighted by Crippen LogP contribution is 2.39. The molecule has 1 N–H and O–H groups in total. The molecule has 19 heavy (non-hydrogen) atoms. The predicted octanol–water partition coefficient (Wildman–Crippen LogP) is 2.55. The summed E-state index contributed by atoms with van der Waals surface area (Å²) in [4.78, 5) is 2.87. The molecule has 110 valence electrons. The molecule has 1 saturated heterocycles. The molecule has 0 radical (unpaired) electrons. The third kappa shape index (κ3) is 2.70. The van der Waals surface area contributed by atoms with E-state index < -0.39 is 0 Å². The molecule has 3 nitrogen and oxygen atoms in total. The van der Waals surface area contributed by atoms with Crippen LogP contribution in [0.4, 0.5) is 0 Å². The minimum atomic E-state index is 0.454. The first-order chi connectivity index (χ1) is 9.36. The van der Waals surface area contributed by atoms with E-state index in [1.807, 2.05) is 7.11 Å². The first-order valence-electron chi connectivity index (χ1n) is 8.36. The fourth-order valence-corrected chi connectivity index (χ4v) is 4.76. The lowest BCUT2D eigenvalue weighted by Gasteiger charge is -2.55. The van der Waals surface area contributed by atoms with Crippen molar-refractivity contribution in [3.8, 4) is 0 Å². The van der Waals surface area contributed by atoms with E-state index in [0.29, 0.717) is 17.7 Å². The van der Waals surface area contributed by atoms with Crippen molar-refractivity contribution in [2.75, 3.05) is 26.7 Å². The lowest BCUT2D eigenvalue weighted by molar-refractivity contribution is -0.0789. The van der Waals surface area contributed by atoms with E-state index >= 15 is 0 Å². The van der Waals surface area contributed by atoms with Crippen LogP contribution in [0.25, 0.3) is 0 Å². The maximum absolute atomic E-state index is 5.83. The summed E-state index contributed by atoms with van der Waals surface area (Å²) in [6, 6.07) is 0.680. The standard InChI is InChI=1S/C16H30N2O/c1-19-15-8-4-3-7-14(15)18-12-11-17-13-16(18)9-5-2-6-10-16/h14-15,17H,2-13H2,1H3. The molecule has 2 saturated carbocycles. The number of hydrogen-bond acceptors (Lipinski definition) is 3. The maximum Gasteiger partial charge on any atom is 0.0726 e. The van der Waals surface area contributed by atoms with E-state index in [1.165, 1.54) is 70.9 Å². The van der Waals surface area contributed by atoms with Gasteiger partial charge in [0.2, 0.25) is 0 Å². The molecule has 3 fully saturated rings. The third-order valence-corrected chi connectivity index (χ3v) is 5.75. The van der Waals surface area contributed by atoms with Gasteiger partial charge in [-0.3, -0.25) is 4.90 Å². The van der Waals surface area contributed by atoms with Crippen LogP contribution < -0.4 is 5.32 Å². The summed E-state index contributed by atoms with van der Waals surface area (Å²) in [5.74, 6) is 0. The number of ether oxygens (including phenoxy) is 1. The maximum atomic E-state index is 5.83. The molecule has 2 aliphatic carbocycles. The second kappa shape index (κ2) is 6.11. The van der Waals surface area contributed by atoms with Crippen LogP contribution in [0.2, 0.25) is 0 Å². The van der Waals surface area contributed by atoms with E-state index in [1.54, 1.807) is 0 Å². The Kier molecular flexibility index (Phi) is 4.45. The van der Waals surface area contributed by atoms with Gasteiger partial charge in [0.05, 0.1) is 6.10 Å². The molecular weight excluding hydrogens is 236 g/mol. The van der Waals surface area contributed by atoms with Crippen LogP contribution in [-0.4, -0.2) is 49.3 Å². The fraction of sp³-hybridized carbons (Fsp3) is 1.00. The monoisotopic (exact) mass is 266 g/mol. The van der Waals surface area contributed by atoms with Crippen LogP contribution in [0.1, 0.15) is 57.8 Å². The molecule has 1 aliphatic heterocycles. The Bertz CT molecular complexity index is 280. The summed E-state index contributed by atoms with van der Waals surface area (Å²) < 4.78 is 5.83. The van der Waals surface area contributed by atoms with E-state index in [0.717, 1.165) is 6.54 Å². The molecule has 2 atom stereocenters. The van der Waals surface area contributed by atoms with Gasteiger partial charge in [-0.25, -0.2) is 0 Å². The smallest absolute Gasteiger partial charge is 0.0726 e. The van der Waals surface area contributed by atoms with Crippen molar-refractivity contribution in [3.63, 3.8) is 0 Å². The highest BCUT2D eigenvalue weighted by molar-refractivity contribution is 5.02. The third-order valence-electron chi connectivity index (χ3n) is 5.75. The van der Waals surface area contributed by atoms with Crippen molar-refractivity contribution in [2.24, 2.45) is 0 Å². The molecule has 0 aromatic carbocycles. The molecule has 3 aliphatic rings. The largest absolute Gasteiger partial charge is 0.380 e. The zero-order chi connectivity index (χ0) is 13.1. The Hall–Kier alpha value is -0.120. The highest BCUT2D eigenvalue weighted by Gasteiger charge is 2.45. The van der Waals surface area contributed by atoms with Crippen molar-refractivity contribution < 1.29 is 4.74 Å². The van der Waals surface area contributed by atoms with Gasteiger partial charge in [-0.1, -0.05) is 32.1 Å². The fourth-order valence-electron chi connectivity index (χ4n) is 4.76. The second-order valence-corrected chi connectivity index (χ2v) is 6.78. The number of methoxy groups -OCH3 is 1. The molecule has 2 unspecified atom stereocenters. The van der Waals surface area contributed by atoms with Gasteiger partial charge < -0.3 is 10.1 Å². The van der Waals surface area contributed by atoms with Crippen LogP contribution in [-0.2, 0) is 4.74 Å². The van der Waals surface area contributed by atoms with Gasteiger partial charge >= 0.3 is 0 Å².